The number of carbonyl (C=O) groups excluding carboxylic acids is 2. The number of anilines is 1. The lowest BCUT2D eigenvalue weighted by atomic mass is 10.1. The monoisotopic (exact) mass is 420 g/mol. The number of thioether (sulfide) groups is 1. The van der Waals surface area contributed by atoms with E-state index in [0.29, 0.717) is 6.42 Å². The van der Waals surface area contributed by atoms with Crippen LogP contribution in [0.5, 0.6) is 0 Å². The van der Waals surface area contributed by atoms with Crippen LogP contribution in [0.25, 0.3) is 5.69 Å². The van der Waals surface area contributed by atoms with Crippen LogP contribution in [0.15, 0.2) is 67.0 Å². The number of nitrogens with one attached hydrogen (secondary N) is 1. The maximum atomic E-state index is 12.4. The lowest BCUT2D eigenvalue weighted by molar-refractivity contribution is -0.130. The normalized spacial score (nSPS) is 13.8. The molecule has 0 aliphatic carbocycles. The van der Waals surface area contributed by atoms with Crippen LogP contribution in [-0.4, -0.2) is 51.1 Å². The molecule has 0 bridgehead atoms. The second kappa shape index (κ2) is 9.63. The summed E-state index contributed by atoms with van der Waals surface area (Å²) in [4.78, 5) is 26.7. The number of aromatic nitrogens is 2. The van der Waals surface area contributed by atoms with Gasteiger partial charge in [0.05, 0.1) is 24.7 Å². The van der Waals surface area contributed by atoms with Crippen molar-refractivity contribution in [3.05, 3.63) is 78.1 Å². The van der Waals surface area contributed by atoms with Crippen LogP contribution >= 0.6 is 11.8 Å². The average molecular weight is 421 g/mol. The predicted octanol–water partition coefficient (Wildman–Crippen LogP) is 3.17. The second-order valence-electron chi connectivity index (χ2n) is 7.22. The van der Waals surface area contributed by atoms with E-state index in [1.54, 1.807) is 10.9 Å². The molecule has 0 spiro atoms. The summed E-state index contributed by atoms with van der Waals surface area (Å²) in [5.74, 6) is 2.10. The Morgan fingerprint density at radius 1 is 0.933 bits per heavy atom. The van der Waals surface area contributed by atoms with Crippen LogP contribution in [0, 0.1) is 0 Å². The van der Waals surface area contributed by atoms with Gasteiger partial charge in [-0.05, 0) is 35.4 Å². The smallest absolute Gasteiger partial charge is 0.228 e. The summed E-state index contributed by atoms with van der Waals surface area (Å²) in [5.41, 5.74) is 3.48. The van der Waals surface area contributed by atoms with E-state index in [0.717, 1.165) is 47.1 Å². The number of rotatable bonds is 6. The fourth-order valence-corrected chi connectivity index (χ4v) is 4.27. The van der Waals surface area contributed by atoms with Crippen LogP contribution < -0.4 is 5.32 Å². The first kappa shape index (κ1) is 20.2. The summed E-state index contributed by atoms with van der Waals surface area (Å²) in [6.45, 7) is 1.66. The van der Waals surface area contributed by atoms with Gasteiger partial charge in [0.25, 0.3) is 0 Å². The van der Waals surface area contributed by atoms with Crippen LogP contribution in [0.3, 0.4) is 0 Å². The van der Waals surface area contributed by atoms with E-state index in [-0.39, 0.29) is 18.2 Å². The van der Waals surface area contributed by atoms with Gasteiger partial charge >= 0.3 is 0 Å². The van der Waals surface area contributed by atoms with Crippen molar-refractivity contribution in [2.75, 3.05) is 29.9 Å². The van der Waals surface area contributed by atoms with Gasteiger partial charge in [-0.1, -0.05) is 30.3 Å². The molecule has 0 saturated carbocycles. The summed E-state index contributed by atoms with van der Waals surface area (Å²) in [6.07, 6.45) is 4.22. The highest BCUT2D eigenvalue weighted by molar-refractivity contribution is 7.99. The summed E-state index contributed by atoms with van der Waals surface area (Å²) < 4.78 is 1.76. The van der Waals surface area contributed by atoms with E-state index in [1.807, 2.05) is 77.5 Å². The molecule has 2 heterocycles. The van der Waals surface area contributed by atoms with Crippen molar-refractivity contribution in [1.82, 2.24) is 14.7 Å². The van der Waals surface area contributed by atoms with E-state index in [1.165, 1.54) is 0 Å². The maximum absolute atomic E-state index is 12.4. The van der Waals surface area contributed by atoms with Gasteiger partial charge in [-0.25, -0.2) is 4.68 Å². The summed E-state index contributed by atoms with van der Waals surface area (Å²) in [6, 6.07) is 17.3. The Morgan fingerprint density at radius 2 is 1.67 bits per heavy atom. The maximum Gasteiger partial charge on any atom is 0.228 e. The standard InChI is InChI=1S/C23H24N4O2S/c28-22(14-19-16-24-27(17-19)21-4-2-1-3-5-21)25-20-8-6-18(7-9-20)15-23(29)26-10-12-30-13-11-26/h1-9,16-17H,10-15H2,(H,25,28). The van der Waals surface area contributed by atoms with Gasteiger partial charge < -0.3 is 10.2 Å². The third-order valence-corrected chi connectivity index (χ3v) is 5.92. The minimum atomic E-state index is -0.0998. The molecule has 1 fully saturated rings. The van der Waals surface area contributed by atoms with Crippen molar-refractivity contribution in [1.29, 1.82) is 0 Å². The molecule has 1 aliphatic rings. The molecule has 3 aromatic rings. The predicted molar refractivity (Wildman–Crippen MR) is 120 cm³/mol. The Morgan fingerprint density at radius 3 is 2.40 bits per heavy atom. The topological polar surface area (TPSA) is 67.2 Å². The van der Waals surface area contributed by atoms with Crippen LogP contribution in [-0.2, 0) is 22.4 Å². The molecule has 7 heteroatoms. The number of benzene rings is 2. The summed E-state index contributed by atoms with van der Waals surface area (Å²) >= 11 is 1.89. The highest BCUT2D eigenvalue weighted by atomic mass is 32.2. The second-order valence-corrected chi connectivity index (χ2v) is 8.45. The molecule has 1 N–H and O–H groups in total. The molecule has 6 nitrogen and oxygen atoms in total. The molecule has 154 valence electrons. The van der Waals surface area contributed by atoms with Crippen LogP contribution in [0.2, 0.25) is 0 Å². The number of hydrogen-bond acceptors (Lipinski definition) is 4. The fourth-order valence-electron chi connectivity index (χ4n) is 3.37. The van der Waals surface area contributed by atoms with E-state index in [4.69, 9.17) is 0 Å². The number of hydrogen-bond donors (Lipinski definition) is 1. The lowest BCUT2D eigenvalue weighted by Gasteiger charge is -2.26. The molecular weight excluding hydrogens is 396 g/mol. The molecule has 0 radical (unpaired) electrons. The highest BCUT2D eigenvalue weighted by Crippen LogP contribution is 2.15. The third kappa shape index (κ3) is 5.30. The Labute approximate surface area is 180 Å². The van der Waals surface area contributed by atoms with E-state index in [2.05, 4.69) is 10.4 Å². The first-order valence-electron chi connectivity index (χ1n) is 10.0. The molecule has 0 unspecified atom stereocenters. The zero-order valence-electron chi connectivity index (χ0n) is 16.7. The minimum absolute atomic E-state index is 0.0998. The van der Waals surface area contributed by atoms with Crippen LogP contribution in [0.1, 0.15) is 11.1 Å². The molecule has 30 heavy (non-hydrogen) atoms. The summed E-state index contributed by atoms with van der Waals surface area (Å²) in [5, 5.41) is 7.23. The van der Waals surface area contributed by atoms with E-state index in [9.17, 15) is 9.59 Å². The minimum Gasteiger partial charge on any atom is -0.341 e. The van der Waals surface area contributed by atoms with Crippen molar-refractivity contribution < 1.29 is 9.59 Å². The quantitative estimate of drug-likeness (QED) is 0.665. The van der Waals surface area contributed by atoms with Gasteiger partial charge in [0.1, 0.15) is 0 Å². The van der Waals surface area contributed by atoms with Crippen molar-refractivity contribution in [2.24, 2.45) is 0 Å². The lowest BCUT2D eigenvalue weighted by Crippen LogP contribution is -2.38. The zero-order valence-corrected chi connectivity index (χ0v) is 17.5. The largest absolute Gasteiger partial charge is 0.341 e. The van der Waals surface area contributed by atoms with Crippen molar-refractivity contribution in [3.63, 3.8) is 0 Å². The first-order valence-corrected chi connectivity index (χ1v) is 11.2. The summed E-state index contributed by atoms with van der Waals surface area (Å²) in [7, 11) is 0. The van der Waals surface area contributed by atoms with Crippen molar-refractivity contribution >= 4 is 29.3 Å². The fraction of sp³-hybridized carbons (Fsp3) is 0.261. The Kier molecular flexibility index (Phi) is 6.49. The van der Waals surface area contributed by atoms with Gasteiger partial charge in [-0.3, -0.25) is 9.59 Å². The Bertz CT molecular complexity index is 996. The van der Waals surface area contributed by atoms with Crippen molar-refractivity contribution in [3.8, 4) is 5.69 Å². The molecule has 2 aromatic carbocycles. The number of amides is 2. The molecule has 0 atom stereocenters. The van der Waals surface area contributed by atoms with E-state index < -0.39 is 0 Å². The SMILES string of the molecule is O=C(Cc1cnn(-c2ccccc2)c1)Nc1ccc(CC(=O)N2CCSCC2)cc1. The number of carbonyl (C=O) groups is 2. The van der Waals surface area contributed by atoms with Gasteiger partial charge in [-0.15, -0.1) is 0 Å². The van der Waals surface area contributed by atoms with Gasteiger partial charge in [0.2, 0.25) is 11.8 Å². The Hall–Kier alpha value is -3.06. The molecule has 1 aromatic heterocycles. The molecular formula is C23H24N4O2S. The van der Waals surface area contributed by atoms with Gasteiger partial charge in [-0.2, -0.15) is 16.9 Å². The molecule has 4 rings (SSSR count). The van der Waals surface area contributed by atoms with Gasteiger partial charge in [0, 0.05) is 36.5 Å². The number of nitrogens with zero attached hydrogens (tertiary/aromatic N) is 3. The first-order chi connectivity index (χ1) is 14.7. The van der Waals surface area contributed by atoms with E-state index >= 15 is 0 Å². The van der Waals surface area contributed by atoms with Gasteiger partial charge in [0.15, 0.2) is 0 Å². The Balaban J connectivity index is 1.29. The molecule has 1 aliphatic heterocycles. The van der Waals surface area contributed by atoms with Crippen molar-refractivity contribution in [2.45, 2.75) is 12.8 Å². The zero-order chi connectivity index (χ0) is 20.8. The number of para-hydroxylation sites is 1. The highest BCUT2D eigenvalue weighted by Gasteiger charge is 2.17. The van der Waals surface area contributed by atoms with Crippen LogP contribution in [0.4, 0.5) is 5.69 Å². The third-order valence-electron chi connectivity index (χ3n) is 4.98. The average Bonchev–Trinajstić information content (AvgIpc) is 3.24. The molecule has 1 saturated heterocycles. The molecule has 2 amide bonds.